The van der Waals surface area contributed by atoms with E-state index in [0.29, 0.717) is 12.2 Å². The van der Waals surface area contributed by atoms with Crippen molar-refractivity contribution in [2.24, 2.45) is 23.2 Å². The largest absolute Gasteiger partial charge is 0.348 e. The second kappa shape index (κ2) is 4.47. The lowest BCUT2D eigenvalue weighted by Crippen LogP contribution is -2.29. The minimum atomic E-state index is 0.126. The molecule has 2 nitrogen and oxygen atoms in total. The zero-order valence-corrected chi connectivity index (χ0v) is 13.6. The smallest absolute Gasteiger partial charge is 0.165 e. The molecule has 3 aliphatic carbocycles. The third-order valence-corrected chi connectivity index (χ3v) is 6.30. The highest BCUT2D eigenvalue weighted by Gasteiger charge is 2.40. The molecule has 1 aromatic heterocycles. The van der Waals surface area contributed by atoms with E-state index in [1.165, 1.54) is 37.1 Å². The molecule has 0 amide bonds. The summed E-state index contributed by atoms with van der Waals surface area (Å²) in [5.74, 6) is 3.18. The molecular weight excluding hydrogens is 258 g/mol. The Hall–Kier alpha value is -1.05. The molecule has 0 spiro atoms. The monoisotopic (exact) mass is 285 g/mol. The summed E-state index contributed by atoms with van der Waals surface area (Å²) in [6.07, 6.45) is 7.57. The van der Waals surface area contributed by atoms with E-state index < -0.39 is 0 Å². The number of hydrogen-bond donors (Lipinski definition) is 0. The fourth-order valence-corrected chi connectivity index (χ4v) is 5.29. The molecule has 0 saturated heterocycles. The second-order valence-electron chi connectivity index (χ2n) is 8.63. The van der Waals surface area contributed by atoms with Gasteiger partial charge in [0.1, 0.15) is 0 Å². The van der Waals surface area contributed by atoms with Crippen LogP contribution in [0.25, 0.3) is 0 Å². The Labute approximate surface area is 127 Å². The van der Waals surface area contributed by atoms with Gasteiger partial charge in [-0.1, -0.05) is 20.3 Å². The molecule has 0 N–H and O–H groups in total. The van der Waals surface area contributed by atoms with Gasteiger partial charge in [-0.05, 0) is 61.8 Å². The van der Waals surface area contributed by atoms with Gasteiger partial charge in [-0.15, -0.1) is 0 Å². The van der Waals surface area contributed by atoms with Crippen molar-refractivity contribution in [2.75, 3.05) is 0 Å². The van der Waals surface area contributed by atoms with Gasteiger partial charge in [0.15, 0.2) is 5.78 Å². The van der Waals surface area contributed by atoms with Crippen LogP contribution in [-0.2, 0) is 13.0 Å². The van der Waals surface area contributed by atoms with Gasteiger partial charge in [0.05, 0.1) is 0 Å². The van der Waals surface area contributed by atoms with E-state index in [1.54, 1.807) is 0 Å². The van der Waals surface area contributed by atoms with Gasteiger partial charge >= 0.3 is 0 Å². The molecule has 21 heavy (non-hydrogen) atoms. The fraction of sp³-hybridized carbons (Fsp3) is 0.737. The van der Waals surface area contributed by atoms with E-state index in [4.69, 9.17) is 0 Å². The summed E-state index contributed by atoms with van der Waals surface area (Å²) >= 11 is 0. The molecule has 1 aromatic rings. The van der Waals surface area contributed by atoms with Crippen LogP contribution in [0, 0.1) is 30.1 Å². The van der Waals surface area contributed by atoms with Crippen LogP contribution in [-0.4, -0.2) is 10.4 Å². The Morgan fingerprint density at radius 1 is 1.24 bits per heavy atom. The van der Waals surface area contributed by atoms with Gasteiger partial charge in [-0.2, -0.15) is 0 Å². The molecule has 0 aliphatic heterocycles. The van der Waals surface area contributed by atoms with Crippen LogP contribution in [0.4, 0.5) is 0 Å². The SMILES string of the molecule is Cc1cc2c(n1CC1CC3CCC1C3)CC(C)(C)CC2=O. The molecule has 0 radical (unpaired) electrons. The predicted octanol–water partition coefficient (Wildman–Crippen LogP) is 4.39. The molecule has 1 heterocycles. The average Bonchev–Trinajstić information content (AvgIpc) is 3.06. The zero-order valence-electron chi connectivity index (χ0n) is 13.6. The first-order chi connectivity index (χ1) is 9.93. The van der Waals surface area contributed by atoms with E-state index in [1.807, 2.05) is 0 Å². The van der Waals surface area contributed by atoms with Gasteiger partial charge in [0.2, 0.25) is 0 Å². The second-order valence-corrected chi connectivity index (χ2v) is 8.63. The van der Waals surface area contributed by atoms with E-state index in [0.717, 1.165) is 36.3 Å². The summed E-state index contributed by atoms with van der Waals surface area (Å²) in [6.45, 7) is 7.81. The summed E-state index contributed by atoms with van der Waals surface area (Å²) in [7, 11) is 0. The standard InChI is InChI=1S/C19H27NO/c1-12-6-16-17(9-19(2,3)10-18(16)21)20(12)11-15-8-13-4-5-14(15)7-13/h6,13-15H,4-5,7-11H2,1-3H3. The Balaban J connectivity index is 1.65. The molecule has 2 heteroatoms. The number of hydrogen-bond acceptors (Lipinski definition) is 1. The Bertz CT molecular complexity index is 595. The lowest BCUT2D eigenvalue weighted by molar-refractivity contribution is 0.0909. The maximum atomic E-state index is 12.4. The molecule has 0 aromatic carbocycles. The molecule has 3 aliphatic rings. The highest BCUT2D eigenvalue weighted by molar-refractivity contribution is 5.99. The van der Waals surface area contributed by atoms with Crippen molar-refractivity contribution >= 4 is 5.78 Å². The zero-order chi connectivity index (χ0) is 14.8. The minimum absolute atomic E-state index is 0.126. The predicted molar refractivity (Wildman–Crippen MR) is 84.5 cm³/mol. The Kier molecular flexibility index (Phi) is 2.90. The van der Waals surface area contributed by atoms with Crippen molar-refractivity contribution in [1.29, 1.82) is 0 Å². The van der Waals surface area contributed by atoms with E-state index in [-0.39, 0.29) is 5.41 Å². The Morgan fingerprint density at radius 3 is 2.71 bits per heavy atom. The van der Waals surface area contributed by atoms with Gasteiger partial charge < -0.3 is 4.57 Å². The van der Waals surface area contributed by atoms with Crippen molar-refractivity contribution in [3.8, 4) is 0 Å². The maximum absolute atomic E-state index is 12.4. The van der Waals surface area contributed by atoms with Crippen LogP contribution in [0.3, 0.4) is 0 Å². The summed E-state index contributed by atoms with van der Waals surface area (Å²) < 4.78 is 2.50. The molecule has 2 fully saturated rings. The number of fused-ring (bicyclic) bond motifs is 3. The molecule has 4 rings (SSSR count). The quantitative estimate of drug-likeness (QED) is 0.790. The molecule has 3 unspecified atom stereocenters. The van der Waals surface area contributed by atoms with Gasteiger partial charge in [-0.3, -0.25) is 4.79 Å². The van der Waals surface area contributed by atoms with E-state index in [2.05, 4.69) is 31.4 Å². The number of carbonyl (C=O) groups is 1. The first-order valence-corrected chi connectivity index (χ1v) is 8.65. The van der Waals surface area contributed by atoms with Crippen LogP contribution in [0.15, 0.2) is 6.07 Å². The highest BCUT2D eigenvalue weighted by atomic mass is 16.1. The van der Waals surface area contributed by atoms with Crippen molar-refractivity contribution in [3.63, 3.8) is 0 Å². The molecule has 114 valence electrons. The molecule has 3 atom stereocenters. The normalized spacial score (nSPS) is 33.5. The summed E-state index contributed by atoms with van der Waals surface area (Å²) in [5, 5.41) is 0. The number of aryl methyl sites for hydroxylation is 1. The Morgan fingerprint density at radius 2 is 2.05 bits per heavy atom. The van der Waals surface area contributed by atoms with E-state index in [9.17, 15) is 4.79 Å². The maximum Gasteiger partial charge on any atom is 0.165 e. The van der Waals surface area contributed by atoms with Crippen LogP contribution in [0.5, 0.6) is 0 Å². The van der Waals surface area contributed by atoms with Crippen LogP contribution in [0.2, 0.25) is 0 Å². The van der Waals surface area contributed by atoms with Crippen LogP contribution >= 0.6 is 0 Å². The van der Waals surface area contributed by atoms with Crippen molar-refractivity contribution in [3.05, 3.63) is 23.0 Å². The van der Waals surface area contributed by atoms with Crippen molar-refractivity contribution < 1.29 is 4.79 Å². The first-order valence-electron chi connectivity index (χ1n) is 8.65. The van der Waals surface area contributed by atoms with Crippen molar-refractivity contribution in [1.82, 2.24) is 4.57 Å². The topological polar surface area (TPSA) is 22.0 Å². The van der Waals surface area contributed by atoms with E-state index >= 15 is 0 Å². The first kappa shape index (κ1) is 13.6. The highest BCUT2D eigenvalue weighted by Crippen LogP contribution is 2.49. The number of aromatic nitrogens is 1. The van der Waals surface area contributed by atoms with Crippen LogP contribution in [0.1, 0.15) is 67.7 Å². The number of nitrogens with zero attached hydrogens (tertiary/aromatic N) is 1. The summed E-state index contributed by atoms with van der Waals surface area (Å²) in [5.41, 5.74) is 3.78. The average molecular weight is 285 g/mol. The number of rotatable bonds is 2. The third kappa shape index (κ3) is 2.18. The molecule has 2 bridgehead atoms. The van der Waals surface area contributed by atoms with Gasteiger partial charge in [-0.25, -0.2) is 0 Å². The van der Waals surface area contributed by atoms with Gasteiger partial charge in [0.25, 0.3) is 0 Å². The molecular formula is C19H27NO. The minimum Gasteiger partial charge on any atom is -0.348 e. The lowest BCUT2D eigenvalue weighted by Gasteiger charge is -2.31. The molecule has 2 saturated carbocycles. The number of carbonyl (C=O) groups excluding carboxylic acids is 1. The third-order valence-electron chi connectivity index (χ3n) is 6.30. The van der Waals surface area contributed by atoms with Crippen molar-refractivity contribution in [2.45, 2.75) is 65.8 Å². The lowest BCUT2D eigenvalue weighted by atomic mass is 9.76. The number of ketones is 1. The van der Waals surface area contributed by atoms with Crippen LogP contribution < -0.4 is 0 Å². The fourth-order valence-electron chi connectivity index (χ4n) is 5.29. The summed E-state index contributed by atoms with van der Waals surface area (Å²) in [6, 6.07) is 2.15. The number of Topliss-reactive ketones (excluding diaryl/α,β-unsaturated/α-hetero) is 1. The summed E-state index contributed by atoms with van der Waals surface area (Å²) in [4.78, 5) is 12.4. The van der Waals surface area contributed by atoms with Gasteiger partial charge in [0, 0.05) is 29.9 Å².